The van der Waals surface area contributed by atoms with Gasteiger partial charge in [0, 0.05) is 24.7 Å². The van der Waals surface area contributed by atoms with Crippen molar-refractivity contribution in [2.45, 2.75) is 25.1 Å². The Hall–Kier alpha value is -2.02. The lowest BCUT2D eigenvalue weighted by atomic mass is 10.0. The molecular formula is C16H15ClF3N3O. The lowest BCUT2D eigenvalue weighted by molar-refractivity contribution is -0.143. The van der Waals surface area contributed by atoms with Crippen molar-refractivity contribution < 1.29 is 18.0 Å². The maximum absolute atomic E-state index is 12.9. The first kappa shape index (κ1) is 16.8. The van der Waals surface area contributed by atoms with Gasteiger partial charge < -0.3 is 4.90 Å². The molecule has 0 spiro atoms. The van der Waals surface area contributed by atoms with Gasteiger partial charge in [-0.05, 0) is 24.5 Å². The number of aromatic nitrogens is 2. The van der Waals surface area contributed by atoms with Crippen LogP contribution in [0.5, 0.6) is 0 Å². The van der Waals surface area contributed by atoms with Crippen molar-refractivity contribution in [2.24, 2.45) is 7.05 Å². The van der Waals surface area contributed by atoms with Crippen molar-refractivity contribution in [3.05, 3.63) is 52.3 Å². The van der Waals surface area contributed by atoms with E-state index in [1.54, 1.807) is 17.0 Å². The van der Waals surface area contributed by atoms with E-state index in [9.17, 15) is 18.0 Å². The number of nitrogens with zero attached hydrogens (tertiary/aromatic N) is 3. The van der Waals surface area contributed by atoms with Crippen molar-refractivity contribution in [3.63, 3.8) is 0 Å². The molecule has 24 heavy (non-hydrogen) atoms. The van der Waals surface area contributed by atoms with Crippen LogP contribution in [0.15, 0.2) is 30.3 Å². The number of alkyl halides is 3. The summed E-state index contributed by atoms with van der Waals surface area (Å²) in [6, 6.07) is 7.73. The minimum absolute atomic E-state index is 0.205. The second-order valence-electron chi connectivity index (χ2n) is 5.71. The van der Waals surface area contributed by atoms with Gasteiger partial charge in [-0.1, -0.05) is 29.8 Å². The first-order valence-corrected chi connectivity index (χ1v) is 7.83. The maximum atomic E-state index is 12.9. The summed E-state index contributed by atoms with van der Waals surface area (Å²) < 4.78 is 39.4. The van der Waals surface area contributed by atoms with Crippen LogP contribution in [0.2, 0.25) is 5.02 Å². The molecule has 0 unspecified atom stereocenters. The number of halogens is 4. The van der Waals surface area contributed by atoms with E-state index in [0.717, 1.165) is 18.1 Å². The molecule has 3 rings (SSSR count). The standard InChI is InChI=1S/C16H15ClF3N3O/c1-22-14(16(18,19)20)9-12(21-22)15(24)23-8-4-7-13(23)10-5-2-3-6-11(10)17/h2-3,5-6,9,13H,4,7-8H2,1H3/t13-/m1/s1. The van der Waals surface area contributed by atoms with Crippen LogP contribution in [0.1, 0.15) is 40.6 Å². The molecule has 4 nitrogen and oxygen atoms in total. The number of benzene rings is 1. The third-order valence-electron chi connectivity index (χ3n) is 4.17. The Balaban J connectivity index is 1.91. The van der Waals surface area contributed by atoms with Gasteiger partial charge in [0.25, 0.3) is 5.91 Å². The molecule has 2 heterocycles. The molecule has 1 aliphatic heterocycles. The minimum atomic E-state index is -4.55. The zero-order valence-corrected chi connectivity index (χ0v) is 13.6. The Kier molecular flexibility index (Phi) is 4.29. The zero-order chi connectivity index (χ0) is 17.5. The van der Waals surface area contributed by atoms with E-state index in [-0.39, 0.29) is 11.7 Å². The van der Waals surface area contributed by atoms with Gasteiger partial charge in [0.2, 0.25) is 0 Å². The van der Waals surface area contributed by atoms with E-state index in [2.05, 4.69) is 5.10 Å². The second-order valence-corrected chi connectivity index (χ2v) is 6.12. The van der Waals surface area contributed by atoms with Crippen LogP contribution in [0.25, 0.3) is 0 Å². The fourth-order valence-corrected chi connectivity index (χ4v) is 3.32. The molecule has 1 atom stereocenters. The highest BCUT2D eigenvalue weighted by molar-refractivity contribution is 6.31. The van der Waals surface area contributed by atoms with Gasteiger partial charge >= 0.3 is 6.18 Å². The normalized spacial score (nSPS) is 18.2. The topological polar surface area (TPSA) is 38.1 Å². The Morgan fingerprint density at radius 3 is 2.67 bits per heavy atom. The molecule has 0 N–H and O–H groups in total. The van der Waals surface area contributed by atoms with Crippen molar-refractivity contribution in [1.29, 1.82) is 0 Å². The van der Waals surface area contributed by atoms with Crippen LogP contribution >= 0.6 is 11.6 Å². The number of amides is 1. The third kappa shape index (κ3) is 3.00. The summed E-state index contributed by atoms with van der Waals surface area (Å²) in [4.78, 5) is 14.2. The number of carbonyl (C=O) groups is 1. The molecule has 0 aliphatic carbocycles. The molecule has 1 amide bonds. The van der Waals surface area contributed by atoms with E-state index in [1.807, 2.05) is 12.1 Å². The lowest BCUT2D eigenvalue weighted by Crippen LogP contribution is -2.31. The molecule has 1 aromatic carbocycles. The molecule has 128 valence electrons. The second kappa shape index (κ2) is 6.12. The fourth-order valence-electron chi connectivity index (χ4n) is 3.06. The summed E-state index contributed by atoms with van der Waals surface area (Å²) in [7, 11) is 1.18. The minimum Gasteiger partial charge on any atom is -0.330 e. The number of aryl methyl sites for hydroxylation is 1. The zero-order valence-electron chi connectivity index (χ0n) is 12.8. The Morgan fingerprint density at radius 1 is 1.33 bits per heavy atom. The first-order chi connectivity index (χ1) is 11.3. The lowest BCUT2D eigenvalue weighted by Gasteiger charge is -2.25. The van der Waals surface area contributed by atoms with E-state index < -0.39 is 17.8 Å². The van der Waals surface area contributed by atoms with Crippen LogP contribution in [-0.2, 0) is 13.2 Å². The van der Waals surface area contributed by atoms with Crippen molar-refractivity contribution in [3.8, 4) is 0 Å². The number of hydrogen-bond donors (Lipinski definition) is 0. The quantitative estimate of drug-likeness (QED) is 0.812. The van der Waals surface area contributed by atoms with Crippen LogP contribution in [0, 0.1) is 0 Å². The fraction of sp³-hybridized carbons (Fsp3) is 0.375. The third-order valence-corrected chi connectivity index (χ3v) is 4.51. The van der Waals surface area contributed by atoms with E-state index >= 15 is 0 Å². The summed E-state index contributed by atoms with van der Waals surface area (Å²) in [5.74, 6) is -0.511. The number of likely N-dealkylation sites (tertiary alicyclic amines) is 1. The molecule has 1 aromatic heterocycles. The van der Waals surface area contributed by atoms with Gasteiger partial charge in [-0.25, -0.2) is 0 Å². The summed E-state index contributed by atoms with van der Waals surface area (Å²) in [6.07, 6.45) is -3.07. The highest BCUT2D eigenvalue weighted by atomic mass is 35.5. The van der Waals surface area contributed by atoms with Crippen molar-refractivity contribution >= 4 is 17.5 Å². The maximum Gasteiger partial charge on any atom is 0.433 e. The summed E-state index contributed by atoms with van der Waals surface area (Å²) in [5.41, 5.74) is -0.347. The van der Waals surface area contributed by atoms with Crippen molar-refractivity contribution in [2.75, 3.05) is 6.54 Å². The summed E-state index contributed by atoms with van der Waals surface area (Å²) in [6.45, 7) is 0.465. The highest BCUT2D eigenvalue weighted by Gasteiger charge is 2.38. The molecule has 1 saturated heterocycles. The van der Waals surface area contributed by atoms with Crippen molar-refractivity contribution in [1.82, 2.24) is 14.7 Å². The Labute approximate surface area is 141 Å². The van der Waals surface area contributed by atoms with Gasteiger partial charge in [-0.15, -0.1) is 0 Å². The van der Waals surface area contributed by atoms with E-state index in [1.165, 1.54) is 7.05 Å². The monoisotopic (exact) mass is 357 g/mol. The summed E-state index contributed by atoms with van der Waals surface area (Å²) in [5, 5.41) is 4.29. The van der Waals surface area contributed by atoms with Gasteiger partial charge in [0.05, 0.1) is 6.04 Å². The number of hydrogen-bond acceptors (Lipinski definition) is 2. The summed E-state index contributed by atoms with van der Waals surface area (Å²) >= 11 is 6.20. The molecular weight excluding hydrogens is 343 g/mol. The molecule has 0 bridgehead atoms. The van der Waals surface area contributed by atoms with Crippen LogP contribution in [0.4, 0.5) is 13.2 Å². The Bertz CT molecular complexity index is 772. The van der Waals surface area contributed by atoms with Gasteiger partial charge in [0.1, 0.15) is 5.69 Å². The predicted molar refractivity (Wildman–Crippen MR) is 82.7 cm³/mol. The average molecular weight is 358 g/mol. The number of rotatable bonds is 2. The molecule has 1 aliphatic rings. The molecule has 2 aromatic rings. The van der Waals surface area contributed by atoms with Gasteiger partial charge in [0.15, 0.2) is 5.69 Å². The number of carbonyl (C=O) groups excluding carboxylic acids is 1. The predicted octanol–water partition coefficient (Wildman–Crippen LogP) is 4.07. The largest absolute Gasteiger partial charge is 0.433 e. The smallest absolute Gasteiger partial charge is 0.330 e. The first-order valence-electron chi connectivity index (χ1n) is 7.45. The van der Waals surface area contributed by atoms with Crippen LogP contribution in [-0.4, -0.2) is 27.1 Å². The van der Waals surface area contributed by atoms with Gasteiger partial charge in [-0.2, -0.15) is 18.3 Å². The molecule has 8 heteroatoms. The molecule has 1 fully saturated rings. The Morgan fingerprint density at radius 2 is 2.04 bits per heavy atom. The van der Waals surface area contributed by atoms with Gasteiger partial charge in [-0.3, -0.25) is 9.48 Å². The molecule has 0 saturated carbocycles. The highest BCUT2D eigenvalue weighted by Crippen LogP contribution is 2.37. The SMILES string of the molecule is Cn1nc(C(=O)N2CCC[C@@H]2c2ccccc2Cl)cc1C(F)(F)F. The van der Waals surface area contributed by atoms with E-state index in [0.29, 0.717) is 22.7 Å². The van der Waals surface area contributed by atoms with E-state index in [4.69, 9.17) is 11.6 Å². The average Bonchev–Trinajstić information content (AvgIpc) is 3.13. The molecule has 0 radical (unpaired) electrons. The van der Waals surface area contributed by atoms with Crippen LogP contribution in [0.3, 0.4) is 0 Å². The van der Waals surface area contributed by atoms with Crippen LogP contribution < -0.4 is 0 Å².